The lowest BCUT2D eigenvalue weighted by atomic mass is 9.96. The van der Waals surface area contributed by atoms with Crippen LogP contribution in [-0.4, -0.2) is 42.9 Å². The first kappa shape index (κ1) is 22.4. The number of ketones is 1. The molecule has 1 fully saturated rings. The second kappa shape index (κ2) is 10.6. The number of carbonyl (C=O) groups is 4. The third-order valence-corrected chi connectivity index (χ3v) is 4.88. The van der Waals surface area contributed by atoms with E-state index in [2.05, 4.69) is 10.6 Å². The number of imide groups is 1. The van der Waals surface area contributed by atoms with Crippen LogP contribution in [-0.2, 0) is 20.7 Å². The van der Waals surface area contributed by atoms with Gasteiger partial charge < -0.3 is 14.8 Å². The van der Waals surface area contributed by atoms with Crippen molar-refractivity contribution < 1.29 is 28.7 Å². The summed E-state index contributed by atoms with van der Waals surface area (Å²) in [6.07, 6.45) is 3.76. The monoisotopic (exact) mass is 404 g/mol. The summed E-state index contributed by atoms with van der Waals surface area (Å²) < 4.78 is 10.3. The van der Waals surface area contributed by atoms with Crippen LogP contribution in [0.4, 0.5) is 4.79 Å². The quantitative estimate of drug-likeness (QED) is 0.534. The summed E-state index contributed by atoms with van der Waals surface area (Å²) in [6.45, 7) is 2.82. The molecule has 0 heterocycles. The van der Waals surface area contributed by atoms with E-state index in [1.165, 1.54) is 21.0 Å². The minimum Gasteiger partial charge on any atom is -0.496 e. The number of hydrogen-bond acceptors (Lipinski definition) is 6. The molecule has 158 valence electrons. The lowest BCUT2D eigenvalue weighted by Crippen LogP contribution is -2.48. The number of carbonyl (C=O) groups excluding carboxylic acids is 4. The number of rotatable bonds is 7. The van der Waals surface area contributed by atoms with E-state index in [1.807, 2.05) is 0 Å². The van der Waals surface area contributed by atoms with Crippen molar-refractivity contribution in [2.75, 3.05) is 7.11 Å². The van der Waals surface area contributed by atoms with Crippen molar-refractivity contribution in [3.05, 3.63) is 29.3 Å². The van der Waals surface area contributed by atoms with Gasteiger partial charge in [-0.15, -0.1) is 0 Å². The molecule has 0 aliphatic heterocycles. The van der Waals surface area contributed by atoms with Crippen LogP contribution in [0.2, 0.25) is 0 Å². The van der Waals surface area contributed by atoms with Crippen LogP contribution in [0, 0.1) is 0 Å². The van der Waals surface area contributed by atoms with Crippen LogP contribution in [0.3, 0.4) is 0 Å². The molecule has 1 aromatic carbocycles. The van der Waals surface area contributed by atoms with Gasteiger partial charge in [0, 0.05) is 17.2 Å². The summed E-state index contributed by atoms with van der Waals surface area (Å²) in [5, 5.41) is 4.98. The first-order valence-electron chi connectivity index (χ1n) is 9.79. The Morgan fingerprint density at radius 1 is 1.14 bits per heavy atom. The van der Waals surface area contributed by atoms with Crippen molar-refractivity contribution in [1.29, 1.82) is 0 Å². The van der Waals surface area contributed by atoms with E-state index in [1.54, 1.807) is 18.2 Å². The molecule has 1 saturated carbocycles. The smallest absolute Gasteiger partial charge is 0.321 e. The molecule has 1 aliphatic rings. The second-order valence-corrected chi connectivity index (χ2v) is 7.19. The molecule has 0 radical (unpaired) electrons. The molecule has 0 saturated heterocycles. The Bertz CT molecular complexity index is 770. The second-order valence-electron chi connectivity index (χ2n) is 7.19. The fourth-order valence-corrected chi connectivity index (χ4v) is 3.27. The standard InChI is InChI=1S/C21H28N2O6/c1-13(24)15-9-10-18(28-3)16(11-15)12-19(25)29-14(2)20(26)23-21(27)22-17-7-5-4-6-8-17/h9-11,14,17H,4-8,12H2,1-3H3,(H2,22,23,26,27)/t14-/m1/s1. The summed E-state index contributed by atoms with van der Waals surface area (Å²) in [5.41, 5.74) is 0.923. The average molecular weight is 404 g/mol. The van der Waals surface area contributed by atoms with Gasteiger partial charge in [-0.1, -0.05) is 19.3 Å². The lowest BCUT2D eigenvalue weighted by Gasteiger charge is -2.23. The van der Waals surface area contributed by atoms with Crippen LogP contribution in [0.25, 0.3) is 0 Å². The van der Waals surface area contributed by atoms with E-state index in [0.717, 1.165) is 32.1 Å². The number of nitrogens with one attached hydrogen (secondary N) is 2. The number of urea groups is 1. The fraction of sp³-hybridized carbons (Fsp3) is 0.524. The Balaban J connectivity index is 1.87. The van der Waals surface area contributed by atoms with Gasteiger partial charge in [0.15, 0.2) is 11.9 Å². The zero-order valence-electron chi connectivity index (χ0n) is 17.1. The van der Waals surface area contributed by atoms with Crippen LogP contribution >= 0.6 is 0 Å². The molecule has 1 aliphatic carbocycles. The van der Waals surface area contributed by atoms with Gasteiger partial charge in [0.05, 0.1) is 13.5 Å². The number of benzene rings is 1. The van der Waals surface area contributed by atoms with Gasteiger partial charge in [-0.3, -0.25) is 19.7 Å². The molecule has 0 spiro atoms. The van der Waals surface area contributed by atoms with E-state index in [9.17, 15) is 19.2 Å². The molecule has 0 unspecified atom stereocenters. The predicted octanol–water partition coefficient (Wildman–Crippen LogP) is 2.53. The highest BCUT2D eigenvalue weighted by Gasteiger charge is 2.23. The summed E-state index contributed by atoms with van der Waals surface area (Å²) >= 11 is 0. The topological polar surface area (TPSA) is 111 Å². The lowest BCUT2D eigenvalue weighted by molar-refractivity contribution is -0.153. The Morgan fingerprint density at radius 2 is 1.83 bits per heavy atom. The molecule has 3 amide bonds. The highest BCUT2D eigenvalue weighted by molar-refractivity contribution is 5.97. The molecular weight excluding hydrogens is 376 g/mol. The molecule has 1 atom stereocenters. The van der Waals surface area contributed by atoms with Crippen molar-refractivity contribution in [2.45, 2.75) is 64.5 Å². The first-order valence-corrected chi connectivity index (χ1v) is 9.79. The Morgan fingerprint density at radius 3 is 2.45 bits per heavy atom. The van der Waals surface area contributed by atoms with Gasteiger partial charge in [-0.2, -0.15) is 0 Å². The van der Waals surface area contributed by atoms with Crippen molar-refractivity contribution in [3.63, 3.8) is 0 Å². The number of Topliss-reactive ketones (excluding diaryl/α,β-unsaturated/α-hetero) is 1. The fourth-order valence-electron chi connectivity index (χ4n) is 3.27. The first-order chi connectivity index (χ1) is 13.8. The molecule has 0 aromatic heterocycles. The third kappa shape index (κ3) is 6.89. The zero-order valence-corrected chi connectivity index (χ0v) is 17.1. The van der Waals surface area contributed by atoms with Gasteiger partial charge >= 0.3 is 12.0 Å². The molecule has 1 aromatic rings. The largest absolute Gasteiger partial charge is 0.496 e. The maximum Gasteiger partial charge on any atom is 0.321 e. The summed E-state index contributed by atoms with van der Waals surface area (Å²) in [4.78, 5) is 47.9. The van der Waals surface area contributed by atoms with E-state index >= 15 is 0 Å². The van der Waals surface area contributed by atoms with Crippen LogP contribution < -0.4 is 15.4 Å². The molecule has 8 heteroatoms. The van der Waals surface area contributed by atoms with Crippen molar-refractivity contribution >= 4 is 23.7 Å². The van der Waals surface area contributed by atoms with Gasteiger partial charge in [0.2, 0.25) is 0 Å². The number of amides is 3. The van der Waals surface area contributed by atoms with Crippen molar-refractivity contribution in [1.82, 2.24) is 10.6 Å². The summed E-state index contributed by atoms with van der Waals surface area (Å²) in [7, 11) is 1.46. The van der Waals surface area contributed by atoms with Crippen LogP contribution in [0.1, 0.15) is 61.9 Å². The summed E-state index contributed by atoms with van der Waals surface area (Å²) in [5.74, 6) is -1.06. The normalized spacial score (nSPS) is 15.1. The SMILES string of the molecule is COc1ccc(C(C)=O)cc1CC(=O)O[C@H](C)C(=O)NC(=O)NC1CCCCC1. The maximum atomic E-state index is 12.2. The average Bonchev–Trinajstić information content (AvgIpc) is 2.68. The zero-order chi connectivity index (χ0) is 21.4. The van der Waals surface area contributed by atoms with Crippen LogP contribution in [0.15, 0.2) is 18.2 Å². The molecular formula is C21H28N2O6. The number of ether oxygens (including phenoxy) is 2. The highest BCUT2D eigenvalue weighted by Crippen LogP contribution is 2.21. The highest BCUT2D eigenvalue weighted by atomic mass is 16.5. The molecule has 2 rings (SSSR count). The minimum atomic E-state index is -1.14. The molecule has 2 N–H and O–H groups in total. The third-order valence-electron chi connectivity index (χ3n) is 4.88. The molecule has 0 bridgehead atoms. The van der Waals surface area contributed by atoms with E-state index in [0.29, 0.717) is 16.9 Å². The van der Waals surface area contributed by atoms with E-state index < -0.39 is 24.0 Å². The van der Waals surface area contributed by atoms with E-state index in [-0.39, 0.29) is 18.2 Å². The molecule has 8 nitrogen and oxygen atoms in total. The van der Waals surface area contributed by atoms with Crippen molar-refractivity contribution in [2.24, 2.45) is 0 Å². The van der Waals surface area contributed by atoms with Gasteiger partial charge in [0.25, 0.3) is 5.91 Å². The number of methoxy groups -OCH3 is 1. The Labute approximate surface area is 170 Å². The molecule has 29 heavy (non-hydrogen) atoms. The van der Waals surface area contributed by atoms with Gasteiger partial charge in [-0.25, -0.2) is 4.79 Å². The predicted molar refractivity (Wildman–Crippen MR) is 106 cm³/mol. The van der Waals surface area contributed by atoms with Crippen molar-refractivity contribution in [3.8, 4) is 5.75 Å². The van der Waals surface area contributed by atoms with Gasteiger partial charge in [0.1, 0.15) is 5.75 Å². The Hall–Kier alpha value is -2.90. The number of hydrogen-bond donors (Lipinski definition) is 2. The number of esters is 1. The maximum absolute atomic E-state index is 12.2. The van der Waals surface area contributed by atoms with Crippen LogP contribution in [0.5, 0.6) is 5.75 Å². The summed E-state index contributed by atoms with van der Waals surface area (Å²) in [6, 6.07) is 4.25. The Kier molecular flexibility index (Phi) is 8.18. The van der Waals surface area contributed by atoms with Gasteiger partial charge in [-0.05, 0) is 44.9 Å². The van der Waals surface area contributed by atoms with E-state index in [4.69, 9.17) is 9.47 Å². The minimum absolute atomic E-state index is 0.0652.